The summed E-state index contributed by atoms with van der Waals surface area (Å²) in [5.74, 6) is -0.0278. The van der Waals surface area contributed by atoms with Gasteiger partial charge in [0, 0.05) is 51.9 Å². The monoisotopic (exact) mass is 353 g/mol. The third-order valence-electron chi connectivity index (χ3n) is 5.63. The van der Waals surface area contributed by atoms with E-state index in [0.717, 1.165) is 72.0 Å². The Bertz CT molecular complexity index is 461. The molecule has 2 aliphatic heterocycles. The Balaban J connectivity index is 1.48. The van der Waals surface area contributed by atoms with Crippen molar-refractivity contribution in [2.24, 2.45) is 0 Å². The molecule has 0 aromatic rings. The SMILES string of the molecule is CN(C(=O)C=CCN1CCOCC1)[C@@H]1CC[C@@H](N2CCOCC2)[C@@H]1O. The summed E-state index contributed by atoms with van der Waals surface area (Å²) in [6.07, 6.45) is 4.86. The van der Waals surface area contributed by atoms with Crippen molar-refractivity contribution in [1.29, 1.82) is 0 Å². The molecule has 25 heavy (non-hydrogen) atoms. The molecule has 0 aromatic carbocycles. The van der Waals surface area contributed by atoms with Crippen molar-refractivity contribution in [3.05, 3.63) is 12.2 Å². The molecule has 7 heteroatoms. The van der Waals surface area contributed by atoms with Gasteiger partial charge in [0.2, 0.25) is 5.91 Å². The minimum atomic E-state index is -0.486. The van der Waals surface area contributed by atoms with Crippen LogP contribution in [0, 0.1) is 0 Å². The fourth-order valence-electron chi connectivity index (χ4n) is 4.04. The van der Waals surface area contributed by atoms with E-state index in [-0.39, 0.29) is 18.0 Å². The van der Waals surface area contributed by atoms with Crippen molar-refractivity contribution in [3.8, 4) is 0 Å². The Hall–Kier alpha value is -0.990. The van der Waals surface area contributed by atoms with Crippen LogP contribution in [0.15, 0.2) is 12.2 Å². The average molecular weight is 353 g/mol. The average Bonchev–Trinajstić information content (AvgIpc) is 3.04. The van der Waals surface area contributed by atoms with Gasteiger partial charge in [0.1, 0.15) is 0 Å². The highest BCUT2D eigenvalue weighted by Crippen LogP contribution is 2.28. The van der Waals surface area contributed by atoms with Gasteiger partial charge < -0.3 is 19.5 Å². The van der Waals surface area contributed by atoms with Gasteiger partial charge in [-0.3, -0.25) is 14.6 Å². The van der Waals surface area contributed by atoms with Gasteiger partial charge in [0.25, 0.3) is 0 Å². The zero-order valence-corrected chi connectivity index (χ0v) is 15.2. The van der Waals surface area contributed by atoms with E-state index in [1.54, 1.807) is 18.0 Å². The molecule has 0 bridgehead atoms. The molecule has 142 valence electrons. The fourth-order valence-corrected chi connectivity index (χ4v) is 4.04. The predicted octanol–water partition coefficient (Wildman–Crippen LogP) is -0.443. The standard InChI is InChI=1S/C18H31N3O4/c1-19(17(22)3-2-6-20-7-11-24-12-8-20)15-4-5-16(18(15)23)21-9-13-25-14-10-21/h2-3,15-16,18,23H,4-14H2,1H3/t15-,16-,18-/m1/s1. The van der Waals surface area contributed by atoms with Crippen LogP contribution in [0.5, 0.6) is 0 Å². The van der Waals surface area contributed by atoms with Gasteiger partial charge in [-0.1, -0.05) is 6.08 Å². The van der Waals surface area contributed by atoms with Crippen molar-refractivity contribution >= 4 is 5.91 Å². The molecule has 3 atom stereocenters. The summed E-state index contributed by atoms with van der Waals surface area (Å²) in [5.41, 5.74) is 0. The molecular weight excluding hydrogens is 322 g/mol. The van der Waals surface area contributed by atoms with E-state index < -0.39 is 6.10 Å². The van der Waals surface area contributed by atoms with Crippen molar-refractivity contribution < 1.29 is 19.4 Å². The third kappa shape index (κ3) is 4.80. The predicted molar refractivity (Wildman–Crippen MR) is 94.4 cm³/mol. The second-order valence-corrected chi connectivity index (χ2v) is 7.12. The molecule has 1 saturated carbocycles. The van der Waals surface area contributed by atoms with E-state index in [9.17, 15) is 9.90 Å². The van der Waals surface area contributed by atoms with Crippen molar-refractivity contribution in [2.45, 2.75) is 31.0 Å². The highest BCUT2D eigenvalue weighted by Gasteiger charge is 2.41. The van der Waals surface area contributed by atoms with Crippen molar-refractivity contribution in [1.82, 2.24) is 14.7 Å². The van der Waals surface area contributed by atoms with Gasteiger partial charge in [0.15, 0.2) is 0 Å². The molecule has 3 rings (SSSR count). The highest BCUT2D eigenvalue weighted by atomic mass is 16.5. The van der Waals surface area contributed by atoms with Gasteiger partial charge in [-0.2, -0.15) is 0 Å². The van der Waals surface area contributed by atoms with E-state index in [2.05, 4.69) is 9.80 Å². The van der Waals surface area contributed by atoms with E-state index in [4.69, 9.17) is 9.47 Å². The summed E-state index contributed by atoms with van der Waals surface area (Å²) in [7, 11) is 1.80. The van der Waals surface area contributed by atoms with E-state index in [1.165, 1.54) is 0 Å². The number of amides is 1. The summed E-state index contributed by atoms with van der Waals surface area (Å²) in [6.45, 7) is 7.31. The smallest absolute Gasteiger partial charge is 0.246 e. The molecule has 1 N–H and O–H groups in total. The summed E-state index contributed by atoms with van der Waals surface area (Å²) >= 11 is 0. The number of morpholine rings is 2. The molecule has 3 fully saturated rings. The number of carbonyl (C=O) groups excluding carboxylic acids is 1. The van der Waals surface area contributed by atoms with Crippen molar-refractivity contribution in [2.75, 3.05) is 66.2 Å². The lowest BCUT2D eigenvalue weighted by atomic mass is 10.1. The summed E-state index contributed by atoms with van der Waals surface area (Å²) < 4.78 is 10.7. The van der Waals surface area contributed by atoms with Crippen LogP contribution in [0.1, 0.15) is 12.8 Å². The maximum Gasteiger partial charge on any atom is 0.246 e. The molecule has 0 radical (unpaired) electrons. The number of likely N-dealkylation sites (N-methyl/N-ethyl adjacent to an activating group) is 1. The lowest BCUT2D eigenvalue weighted by molar-refractivity contribution is -0.129. The molecule has 2 heterocycles. The number of hydrogen-bond donors (Lipinski definition) is 1. The van der Waals surface area contributed by atoms with Gasteiger partial charge in [-0.25, -0.2) is 0 Å². The number of nitrogens with zero attached hydrogens (tertiary/aromatic N) is 3. The van der Waals surface area contributed by atoms with E-state index in [0.29, 0.717) is 0 Å². The third-order valence-corrected chi connectivity index (χ3v) is 5.63. The first kappa shape index (κ1) is 18.8. The summed E-state index contributed by atoms with van der Waals surface area (Å²) in [4.78, 5) is 18.7. The molecule has 7 nitrogen and oxygen atoms in total. The number of carbonyl (C=O) groups is 1. The van der Waals surface area contributed by atoms with Crippen LogP contribution in [-0.2, 0) is 14.3 Å². The fraction of sp³-hybridized carbons (Fsp3) is 0.833. The number of aliphatic hydroxyl groups is 1. The maximum atomic E-state index is 12.5. The second-order valence-electron chi connectivity index (χ2n) is 7.12. The Morgan fingerprint density at radius 2 is 1.76 bits per heavy atom. The second kappa shape index (κ2) is 9.09. The van der Waals surface area contributed by atoms with Gasteiger partial charge in [-0.05, 0) is 12.8 Å². The molecule has 2 saturated heterocycles. The van der Waals surface area contributed by atoms with Crippen LogP contribution >= 0.6 is 0 Å². The van der Waals surface area contributed by atoms with E-state index >= 15 is 0 Å². The number of ether oxygens (including phenoxy) is 2. The van der Waals surface area contributed by atoms with Crippen LogP contribution < -0.4 is 0 Å². The molecule has 0 spiro atoms. The molecule has 0 unspecified atom stereocenters. The number of aliphatic hydroxyl groups excluding tert-OH is 1. The normalized spacial score (nSPS) is 32.3. The first-order valence-electron chi connectivity index (χ1n) is 9.40. The first-order valence-corrected chi connectivity index (χ1v) is 9.40. The Labute approximate surface area is 150 Å². The topological polar surface area (TPSA) is 65.5 Å². The summed E-state index contributed by atoms with van der Waals surface area (Å²) in [5, 5.41) is 10.7. The minimum absolute atomic E-state index is 0.0278. The zero-order valence-electron chi connectivity index (χ0n) is 15.2. The zero-order chi connectivity index (χ0) is 17.6. The minimum Gasteiger partial charge on any atom is -0.389 e. The Morgan fingerprint density at radius 3 is 2.44 bits per heavy atom. The molecule has 1 aliphatic carbocycles. The van der Waals surface area contributed by atoms with Crippen LogP contribution in [-0.4, -0.2) is 110 Å². The van der Waals surface area contributed by atoms with Crippen molar-refractivity contribution in [3.63, 3.8) is 0 Å². The van der Waals surface area contributed by atoms with E-state index in [1.807, 2.05) is 6.08 Å². The Morgan fingerprint density at radius 1 is 1.12 bits per heavy atom. The molecule has 1 amide bonds. The Kier molecular flexibility index (Phi) is 6.84. The number of hydrogen-bond acceptors (Lipinski definition) is 6. The maximum absolute atomic E-state index is 12.5. The summed E-state index contributed by atoms with van der Waals surface area (Å²) in [6, 6.07) is 0.0369. The molecule has 0 aromatic heterocycles. The van der Waals surface area contributed by atoms with Crippen LogP contribution in [0.25, 0.3) is 0 Å². The quantitative estimate of drug-likeness (QED) is 0.676. The largest absolute Gasteiger partial charge is 0.389 e. The number of rotatable bonds is 5. The highest BCUT2D eigenvalue weighted by molar-refractivity contribution is 5.87. The van der Waals surface area contributed by atoms with Gasteiger partial charge >= 0.3 is 0 Å². The lowest BCUT2D eigenvalue weighted by Gasteiger charge is -2.36. The molecular formula is C18H31N3O4. The lowest BCUT2D eigenvalue weighted by Crippen LogP contribution is -2.51. The molecule has 3 aliphatic rings. The van der Waals surface area contributed by atoms with Crippen LogP contribution in [0.4, 0.5) is 0 Å². The van der Waals surface area contributed by atoms with Crippen LogP contribution in [0.3, 0.4) is 0 Å². The van der Waals surface area contributed by atoms with Gasteiger partial charge in [-0.15, -0.1) is 0 Å². The first-order chi connectivity index (χ1) is 12.2. The van der Waals surface area contributed by atoms with Crippen LogP contribution in [0.2, 0.25) is 0 Å². The van der Waals surface area contributed by atoms with Gasteiger partial charge in [0.05, 0.1) is 38.6 Å².